The smallest absolute Gasteiger partial charge is 0.313 e. The van der Waals surface area contributed by atoms with E-state index >= 15 is 0 Å². The van der Waals surface area contributed by atoms with Crippen LogP contribution in [0.1, 0.15) is 66.9 Å². The minimum atomic E-state index is -1.02. The third-order valence-corrected chi connectivity index (χ3v) is 5.82. The summed E-state index contributed by atoms with van der Waals surface area (Å²) < 4.78 is 6.88. The highest BCUT2D eigenvalue weighted by atomic mass is 16.5. The molecule has 0 aromatic carbocycles. The highest BCUT2D eigenvalue weighted by molar-refractivity contribution is 5.96. The van der Waals surface area contributed by atoms with E-state index < -0.39 is 11.4 Å². The molecule has 1 atom stereocenters. The van der Waals surface area contributed by atoms with Crippen LogP contribution in [-0.4, -0.2) is 58.5 Å². The first kappa shape index (κ1) is 18.9. The third-order valence-electron chi connectivity index (χ3n) is 5.82. The van der Waals surface area contributed by atoms with Crippen LogP contribution in [0.2, 0.25) is 0 Å². The zero-order valence-electron chi connectivity index (χ0n) is 15.7. The van der Waals surface area contributed by atoms with Gasteiger partial charge in [-0.3, -0.25) is 14.3 Å². The van der Waals surface area contributed by atoms with Gasteiger partial charge in [-0.25, -0.2) is 0 Å². The van der Waals surface area contributed by atoms with E-state index in [0.29, 0.717) is 30.9 Å². The second-order valence-electron chi connectivity index (χ2n) is 7.79. The number of carbonyl (C=O) groups excluding carboxylic acids is 1. The first-order valence-electron chi connectivity index (χ1n) is 9.52. The second-order valence-corrected chi connectivity index (χ2v) is 7.79. The van der Waals surface area contributed by atoms with Gasteiger partial charge in [0.2, 0.25) is 0 Å². The number of aliphatic carboxylic acids is 1. The summed E-state index contributed by atoms with van der Waals surface area (Å²) in [4.78, 5) is 26.8. The molecule has 1 unspecified atom stereocenters. The van der Waals surface area contributed by atoms with E-state index in [2.05, 4.69) is 5.10 Å². The predicted octanol–water partition coefficient (Wildman–Crippen LogP) is 2.42. The van der Waals surface area contributed by atoms with Crippen LogP contribution in [-0.2, 0) is 16.6 Å². The maximum absolute atomic E-state index is 13.2. The Morgan fingerprint density at radius 3 is 2.69 bits per heavy atom. The van der Waals surface area contributed by atoms with Crippen molar-refractivity contribution in [2.45, 2.75) is 50.9 Å². The number of piperidine rings is 1. The molecule has 144 valence electrons. The van der Waals surface area contributed by atoms with E-state index in [9.17, 15) is 14.7 Å². The fourth-order valence-corrected chi connectivity index (χ4v) is 4.45. The lowest BCUT2D eigenvalue weighted by atomic mass is 9.80. The molecule has 1 aromatic heterocycles. The zero-order chi connectivity index (χ0) is 18.7. The number of carbonyl (C=O) groups is 2. The summed E-state index contributed by atoms with van der Waals surface area (Å²) >= 11 is 0. The quantitative estimate of drug-likeness (QED) is 0.868. The van der Waals surface area contributed by atoms with Gasteiger partial charge in [-0.2, -0.15) is 5.10 Å². The molecular formula is C19H29N3O4. The highest BCUT2D eigenvalue weighted by Crippen LogP contribution is 2.35. The highest BCUT2D eigenvalue weighted by Gasteiger charge is 2.44. The first-order valence-corrected chi connectivity index (χ1v) is 9.52. The van der Waals surface area contributed by atoms with Gasteiger partial charge in [-0.15, -0.1) is 0 Å². The molecule has 0 spiro atoms. The maximum atomic E-state index is 13.2. The summed E-state index contributed by atoms with van der Waals surface area (Å²) in [6.07, 6.45) is 8.72. The van der Waals surface area contributed by atoms with Crippen LogP contribution in [0.25, 0.3) is 0 Å². The standard InChI is InChI=1S/C19H29N3O4/c1-21-11-15(16(20-21)14-7-4-3-5-8-14)17(23)22-10-6-9-19(12-22,13-26-2)18(24)25/h11,14H,3-10,12-13H2,1-2H3,(H,24,25). The summed E-state index contributed by atoms with van der Waals surface area (Å²) in [5.74, 6) is -0.660. The van der Waals surface area contributed by atoms with Crippen molar-refractivity contribution in [3.63, 3.8) is 0 Å². The van der Waals surface area contributed by atoms with Crippen molar-refractivity contribution in [2.24, 2.45) is 12.5 Å². The van der Waals surface area contributed by atoms with Gasteiger partial charge in [0, 0.05) is 39.4 Å². The number of methoxy groups -OCH3 is 1. The van der Waals surface area contributed by atoms with Crippen LogP contribution in [0.3, 0.4) is 0 Å². The maximum Gasteiger partial charge on any atom is 0.313 e. The van der Waals surface area contributed by atoms with Gasteiger partial charge >= 0.3 is 5.97 Å². The van der Waals surface area contributed by atoms with E-state index in [0.717, 1.165) is 18.5 Å². The summed E-state index contributed by atoms with van der Waals surface area (Å²) in [7, 11) is 3.35. The molecule has 7 nitrogen and oxygen atoms in total. The van der Waals surface area contributed by atoms with Crippen LogP contribution in [0.4, 0.5) is 0 Å². The van der Waals surface area contributed by atoms with Crippen LogP contribution < -0.4 is 0 Å². The first-order chi connectivity index (χ1) is 12.5. The van der Waals surface area contributed by atoms with Crippen LogP contribution in [0.15, 0.2) is 6.20 Å². The Morgan fingerprint density at radius 1 is 1.31 bits per heavy atom. The SMILES string of the molecule is COCC1(C(=O)O)CCCN(C(=O)c2cn(C)nc2C2CCCCC2)C1. The Balaban J connectivity index is 1.84. The number of amides is 1. The Hall–Kier alpha value is -1.89. The van der Waals surface area contributed by atoms with Crippen LogP contribution in [0, 0.1) is 5.41 Å². The molecule has 3 rings (SSSR count). The predicted molar refractivity (Wildman–Crippen MR) is 96.1 cm³/mol. The zero-order valence-corrected chi connectivity index (χ0v) is 15.7. The molecule has 0 radical (unpaired) electrons. The van der Waals surface area contributed by atoms with E-state index in [1.807, 2.05) is 7.05 Å². The van der Waals surface area contributed by atoms with Gasteiger partial charge < -0.3 is 14.7 Å². The molecule has 7 heteroatoms. The molecule has 1 saturated heterocycles. The Morgan fingerprint density at radius 2 is 2.04 bits per heavy atom. The van der Waals surface area contributed by atoms with Crippen molar-refractivity contribution in [3.05, 3.63) is 17.5 Å². The number of nitrogens with zero attached hydrogens (tertiary/aromatic N) is 3. The average Bonchev–Trinajstić information content (AvgIpc) is 3.04. The molecule has 0 bridgehead atoms. The molecule has 1 aliphatic carbocycles. The summed E-state index contributed by atoms with van der Waals surface area (Å²) in [5, 5.41) is 14.3. The number of ether oxygens (including phenoxy) is 1. The number of hydrogen-bond donors (Lipinski definition) is 1. The van der Waals surface area contributed by atoms with Crippen LogP contribution in [0.5, 0.6) is 0 Å². The Labute approximate surface area is 154 Å². The van der Waals surface area contributed by atoms with Crippen molar-refractivity contribution in [1.82, 2.24) is 14.7 Å². The molecule has 2 aliphatic rings. The summed E-state index contributed by atoms with van der Waals surface area (Å²) in [5.41, 5.74) is 0.504. The molecule has 1 N–H and O–H groups in total. The number of hydrogen-bond acceptors (Lipinski definition) is 4. The van der Waals surface area contributed by atoms with Gasteiger partial charge in [0.05, 0.1) is 17.9 Å². The van der Waals surface area contributed by atoms with Crippen molar-refractivity contribution in [3.8, 4) is 0 Å². The van der Waals surface area contributed by atoms with E-state index in [1.54, 1.807) is 15.8 Å². The fourth-order valence-electron chi connectivity index (χ4n) is 4.45. The van der Waals surface area contributed by atoms with Gasteiger partial charge in [-0.05, 0) is 25.7 Å². The molecule has 1 aromatic rings. The molecule has 1 saturated carbocycles. The van der Waals surface area contributed by atoms with Crippen LogP contribution >= 0.6 is 0 Å². The van der Waals surface area contributed by atoms with Crippen molar-refractivity contribution in [1.29, 1.82) is 0 Å². The van der Waals surface area contributed by atoms with Crippen molar-refractivity contribution >= 4 is 11.9 Å². The Bertz CT molecular complexity index is 662. The minimum absolute atomic E-state index is 0.0971. The number of rotatable bonds is 5. The number of carboxylic acids is 1. The number of likely N-dealkylation sites (tertiary alicyclic amines) is 1. The Kier molecular flexibility index (Phi) is 5.65. The van der Waals surface area contributed by atoms with Crippen molar-refractivity contribution < 1.29 is 19.4 Å². The van der Waals surface area contributed by atoms with E-state index in [4.69, 9.17) is 4.74 Å². The third kappa shape index (κ3) is 3.63. The molecule has 2 fully saturated rings. The molecular weight excluding hydrogens is 334 g/mol. The van der Waals surface area contributed by atoms with Crippen molar-refractivity contribution in [2.75, 3.05) is 26.8 Å². The van der Waals surface area contributed by atoms with Gasteiger partial charge in [-0.1, -0.05) is 19.3 Å². The average molecular weight is 363 g/mol. The van der Waals surface area contributed by atoms with E-state index in [1.165, 1.54) is 26.4 Å². The normalized spacial score (nSPS) is 24.6. The number of aryl methyl sites for hydroxylation is 1. The molecule has 1 amide bonds. The monoisotopic (exact) mass is 363 g/mol. The lowest BCUT2D eigenvalue weighted by molar-refractivity contribution is -0.155. The molecule has 2 heterocycles. The number of carboxylic acid groups (broad SMARTS) is 1. The fraction of sp³-hybridized carbons (Fsp3) is 0.737. The topological polar surface area (TPSA) is 84.7 Å². The van der Waals surface area contributed by atoms with Gasteiger partial charge in [0.25, 0.3) is 5.91 Å². The molecule has 26 heavy (non-hydrogen) atoms. The molecule has 1 aliphatic heterocycles. The summed E-state index contributed by atoms with van der Waals surface area (Å²) in [6.45, 7) is 0.888. The lowest BCUT2D eigenvalue weighted by Gasteiger charge is -2.39. The second kappa shape index (κ2) is 7.78. The number of aromatic nitrogens is 2. The lowest BCUT2D eigenvalue weighted by Crippen LogP contribution is -2.52. The largest absolute Gasteiger partial charge is 0.481 e. The minimum Gasteiger partial charge on any atom is -0.481 e. The van der Waals surface area contributed by atoms with Gasteiger partial charge in [0.1, 0.15) is 5.41 Å². The van der Waals surface area contributed by atoms with Gasteiger partial charge in [0.15, 0.2) is 0 Å². The van der Waals surface area contributed by atoms with E-state index in [-0.39, 0.29) is 19.1 Å². The summed E-state index contributed by atoms with van der Waals surface area (Å²) in [6, 6.07) is 0.